The number of thiophene rings is 1. The molecule has 3 rings (SSSR count). The Kier molecular flexibility index (Phi) is 4.03. The van der Waals surface area contributed by atoms with Crippen LogP contribution in [0, 0.1) is 6.92 Å². The molecule has 0 aliphatic heterocycles. The van der Waals surface area contributed by atoms with E-state index in [0.29, 0.717) is 16.6 Å². The van der Waals surface area contributed by atoms with Gasteiger partial charge in [-0.15, -0.1) is 11.3 Å². The van der Waals surface area contributed by atoms with Crippen molar-refractivity contribution in [2.75, 3.05) is 6.54 Å². The van der Waals surface area contributed by atoms with Crippen LogP contribution in [0.5, 0.6) is 0 Å². The van der Waals surface area contributed by atoms with E-state index in [2.05, 4.69) is 15.6 Å². The molecule has 110 valence electrons. The van der Waals surface area contributed by atoms with Crippen LogP contribution in [0.15, 0.2) is 16.8 Å². The summed E-state index contributed by atoms with van der Waals surface area (Å²) in [5.41, 5.74) is 1.72. The van der Waals surface area contributed by atoms with Gasteiger partial charge < -0.3 is 10.6 Å². The van der Waals surface area contributed by atoms with E-state index in [-0.39, 0.29) is 18.4 Å². The Hall–Kier alpha value is -1.73. The van der Waals surface area contributed by atoms with E-state index in [0.717, 1.165) is 23.4 Å². The van der Waals surface area contributed by atoms with Gasteiger partial charge in [-0.2, -0.15) is 11.3 Å². The Labute approximate surface area is 130 Å². The van der Waals surface area contributed by atoms with Gasteiger partial charge in [-0.1, -0.05) is 0 Å². The van der Waals surface area contributed by atoms with Crippen molar-refractivity contribution < 1.29 is 9.59 Å². The number of carbonyl (C=O) groups excluding carboxylic acids is 2. The molecule has 2 N–H and O–H groups in total. The normalized spacial score (nSPS) is 14.0. The molecule has 0 saturated heterocycles. The summed E-state index contributed by atoms with van der Waals surface area (Å²) in [6.07, 6.45) is 2.08. The number of aryl methyl sites for hydroxylation is 1. The molecule has 0 radical (unpaired) electrons. The third kappa shape index (κ3) is 3.48. The molecule has 5 nitrogen and oxygen atoms in total. The first kappa shape index (κ1) is 14.2. The number of hydrogen-bond acceptors (Lipinski definition) is 5. The molecule has 0 atom stereocenters. The smallest absolute Gasteiger partial charge is 0.263 e. The number of nitrogens with zero attached hydrogens (tertiary/aromatic N) is 1. The van der Waals surface area contributed by atoms with Crippen LogP contribution in [-0.2, 0) is 4.79 Å². The minimum atomic E-state index is -0.238. The van der Waals surface area contributed by atoms with E-state index in [1.807, 2.05) is 23.8 Å². The van der Waals surface area contributed by atoms with Crippen LogP contribution in [0.25, 0.3) is 10.6 Å². The van der Waals surface area contributed by atoms with Crippen molar-refractivity contribution in [1.82, 2.24) is 15.6 Å². The molecule has 21 heavy (non-hydrogen) atoms. The average molecular weight is 321 g/mol. The van der Waals surface area contributed by atoms with Gasteiger partial charge in [-0.3, -0.25) is 9.59 Å². The third-order valence-corrected chi connectivity index (χ3v) is 5.01. The first-order chi connectivity index (χ1) is 10.1. The number of rotatable bonds is 5. The van der Waals surface area contributed by atoms with Gasteiger partial charge in [-0.05, 0) is 31.2 Å². The molecule has 0 aromatic carbocycles. The van der Waals surface area contributed by atoms with Crippen LogP contribution in [0.4, 0.5) is 0 Å². The Bertz CT molecular complexity index is 660. The van der Waals surface area contributed by atoms with Crippen molar-refractivity contribution in [3.63, 3.8) is 0 Å². The number of carbonyl (C=O) groups is 2. The van der Waals surface area contributed by atoms with E-state index in [1.54, 1.807) is 11.3 Å². The second-order valence-corrected chi connectivity index (χ2v) is 6.75. The minimum Gasteiger partial charge on any atom is -0.352 e. The maximum absolute atomic E-state index is 12.1. The summed E-state index contributed by atoms with van der Waals surface area (Å²) in [5.74, 6) is -0.372. The fraction of sp³-hybridized carbons (Fsp3) is 0.357. The Morgan fingerprint density at radius 1 is 1.43 bits per heavy atom. The summed E-state index contributed by atoms with van der Waals surface area (Å²) in [6.45, 7) is 1.83. The van der Waals surface area contributed by atoms with Crippen LogP contribution in [-0.4, -0.2) is 29.4 Å². The van der Waals surface area contributed by atoms with Crippen LogP contribution in [0.3, 0.4) is 0 Å². The van der Waals surface area contributed by atoms with E-state index in [9.17, 15) is 9.59 Å². The molecule has 2 aromatic heterocycles. The fourth-order valence-corrected chi connectivity index (χ4v) is 3.56. The summed E-state index contributed by atoms with van der Waals surface area (Å²) >= 11 is 2.95. The lowest BCUT2D eigenvalue weighted by Gasteiger charge is -2.04. The molecule has 1 fully saturated rings. The van der Waals surface area contributed by atoms with Gasteiger partial charge in [0.25, 0.3) is 5.91 Å². The van der Waals surface area contributed by atoms with Crippen LogP contribution in [0.2, 0.25) is 0 Å². The quantitative estimate of drug-likeness (QED) is 0.887. The molecule has 1 aliphatic carbocycles. The van der Waals surface area contributed by atoms with E-state index in [1.165, 1.54) is 11.3 Å². The van der Waals surface area contributed by atoms with Crippen LogP contribution >= 0.6 is 22.7 Å². The van der Waals surface area contributed by atoms with Crippen LogP contribution in [0.1, 0.15) is 28.2 Å². The zero-order valence-corrected chi connectivity index (χ0v) is 13.1. The molecular weight excluding hydrogens is 306 g/mol. The molecule has 0 spiro atoms. The van der Waals surface area contributed by atoms with Gasteiger partial charge in [0.05, 0.1) is 12.2 Å². The standard InChI is InChI=1S/C14H15N3O2S2/c1-8-12(21-14(16-8)9-4-5-20-7-9)13(19)15-6-11(18)17-10-2-3-10/h4-5,7,10H,2-3,6H2,1H3,(H,15,19)(H,17,18). The highest BCUT2D eigenvalue weighted by atomic mass is 32.1. The van der Waals surface area contributed by atoms with Gasteiger partial charge in [0.15, 0.2) is 0 Å². The number of thiazole rings is 1. The largest absolute Gasteiger partial charge is 0.352 e. The predicted molar refractivity (Wildman–Crippen MR) is 83.7 cm³/mol. The molecule has 0 unspecified atom stereocenters. The Morgan fingerprint density at radius 2 is 2.24 bits per heavy atom. The van der Waals surface area contributed by atoms with Gasteiger partial charge in [-0.25, -0.2) is 4.98 Å². The number of nitrogens with one attached hydrogen (secondary N) is 2. The molecule has 1 aliphatic rings. The molecule has 2 amide bonds. The second kappa shape index (κ2) is 5.95. The van der Waals surface area contributed by atoms with Gasteiger partial charge in [0, 0.05) is 17.0 Å². The number of amides is 2. The predicted octanol–water partition coefficient (Wildman–Crippen LogP) is 2.19. The van der Waals surface area contributed by atoms with Crippen molar-refractivity contribution in [2.45, 2.75) is 25.8 Å². The Balaban J connectivity index is 1.62. The SMILES string of the molecule is Cc1nc(-c2ccsc2)sc1C(=O)NCC(=O)NC1CC1. The summed E-state index contributed by atoms with van der Waals surface area (Å²) < 4.78 is 0. The summed E-state index contributed by atoms with van der Waals surface area (Å²) in [7, 11) is 0. The summed E-state index contributed by atoms with van der Waals surface area (Å²) in [4.78, 5) is 28.7. The lowest BCUT2D eigenvalue weighted by molar-refractivity contribution is -0.120. The van der Waals surface area contributed by atoms with E-state index >= 15 is 0 Å². The Morgan fingerprint density at radius 3 is 2.90 bits per heavy atom. The maximum Gasteiger partial charge on any atom is 0.263 e. The van der Waals surface area contributed by atoms with Crippen molar-refractivity contribution in [3.8, 4) is 10.6 Å². The van der Waals surface area contributed by atoms with Gasteiger partial charge in [0.1, 0.15) is 9.88 Å². The van der Waals surface area contributed by atoms with Crippen LogP contribution < -0.4 is 10.6 Å². The second-order valence-electron chi connectivity index (χ2n) is 4.97. The van der Waals surface area contributed by atoms with Crippen molar-refractivity contribution in [3.05, 3.63) is 27.4 Å². The number of aromatic nitrogens is 1. The van der Waals surface area contributed by atoms with Gasteiger partial charge in [0.2, 0.25) is 5.91 Å². The summed E-state index contributed by atoms with van der Waals surface area (Å²) in [6, 6.07) is 2.29. The van der Waals surface area contributed by atoms with Crippen molar-refractivity contribution >= 4 is 34.5 Å². The topological polar surface area (TPSA) is 71.1 Å². The highest BCUT2D eigenvalue weighted by Gasteiger charge is 2.23. The molecular formula is C14H15N3O2S2. The molecule has 2 heterocycles. The lowest BCUT2D eigenvalue weighted by Crippen LogP contribution is -2.37. The first-order valence-electron chi connectivity index (χ1n) is 6.71. The third-order valence-electron chi connectivity index (χ3n) is 3.12. The van der Waals surface area contributed by atoms with Gasteiger partial charge >= 0.3 is 0 Å². The van der Waals surface area contributed by atoms with E-state index < -0.39 is 0 Å². The highest BCUT2D eigenvalue weighted by molar-refractivity contribution is 7.17. The molecule has 1 saturated carbocycles. The van der Waals surface area contributed by atoms with E-state index in [4.69, 9.17) is 0 Å². The zero-order valence-electron chi connectivity index (χ0n) is 11.5. The van der Waals surface area contributed by atoms with Crippen molar-refractivity contribution in [2.24, 2.45) is 0 Å². The summed E-state index contributed by atoms with van der Waals surface area (Å²) in [5, 5.41) is 10.3. The molecule has 0 bridgehead atoms. The fourth-order valence-electron chi connectivity index (χ4n) is 1.86. The van der Waals surface area contributed by atoms with Crippen molar-refractivity contribution in [1.29, 1.82) is 0 Å². The molecule has 2 aromatic rings. The highest BCUT2D eigenvalue weighted by Crippen LogP contribution is 2.29. The minimum absolute atomic E-state index is 0.0143. The lowest BCUT2D eigenvalue weighted by atomic mass is 10.3. The average Bonchev–Trinajstić information content (AvgIpc) is 2.96. The number of hydrogen-bond donors (Lipinski definition) is 2. The monoisotopic (exact) mass is 321 g/mol. The maximum atomic E-state index is 12.1. The first-order valence-corrected chi connectivity index (χ1v) is 8.47. The molecule has 7 heteroatoms. The zero-order chi connectivity index (χ0) is 14.8.